The first-order valence-corrected chi connectivity index (χ1v) is 7.79. The van der Waals surface area contributed by atoms with Crippen LogP contribution in [-0.4, -0.2) is 35.6 Å². The quantitative estimate of drug-likeness (QED) is 0.588. The highest BCUT2D eigenvalue weighted by Gasteiger charge is 2.30. The van der Waals surface area contributed by atoms with Gasteiger partial charge < -0.3 is 20.0 Å². The zero-order valence-electron chi connectivity index (χ0n) is 11.4. The number of methoxy groups -OCH3 is 1. The molecule has 1 fully saturated rings. The van der Waals surface area contributed by atoms with Crippen LogP contribution in [0.15, 0.2) is 32.9 Å². The average molecular weight is 385 g/mol. The average Bonchev–Trinajstić information content (AvgIpc) is 2.78. The van der Waals surface area contributed by atoms with Crippen LogP contribution in [0, 0.1) is 0 Å². The molecule has 7 nitrogen and oxygen atoms in total. The first-order valence-electron chi connectivity index (χ1n) is 6.11. The fraction of sp³-hybridized carbons (Fsp3) is 0.231. The minimum absolute atomic E-state index is 0.251. The predicted molar refractivity (Wildman–Crippen MR) is 84.9 cm³/mol. The van der Waals surface area contributed by atoms with Crippen LogP contribution >= 0.6 is 27.7 Å². The molecule has 2 rings (SSSR count). The Morgan fingerprint density at radius 2 is 2.36 bits per heavy atom. The van der Waals surface area contributed by atoms with Crippen molar-refractivity contribution in [2.75, 3.05) is 7.11 Å². The lowest BCUT2D eigenvalue weighted by atomic mass is 10.2. The van der Waals surface area contributed by atoms with Crippen LogP contribution in [0.4, 0.5) is 0 Å². The first-order chi connectivity index (χ1) is 10.5. The lowest BCUT2D eigenvalue weighted by Gasteiger charge is -2.04. The summed E-state index contributed by atoms with van der Waals surface area (Å²) in [4.78, 5) is 22.0. The molecule has 1 N–H and O–H groups in total. The maximum absolute atomic E-state index is 11.5. The van der Waals surface area contributed by atoms with E-state index >= 15 is 0 Å². The van der Waals surface area contributed by atoms with Crippen molar-refractivity contribution in [3.8, 4) is 5.75 Å². The van der Waals surface area contributed by atoms with Crippen molar-refractivity contribution >= 4 is 51.0 Å². The van der Waals surface area contributed by atoms with Crippen molar-refractivity contribution < 1.29 is 19.4 Å². The number of halogens is 1. The Balaban J connectivity index is 2.07. The molecule has 0 radical (unpaired) electrons. The van der Waals surface area contributed by atoms with Crippen molar-refractivity contribution in [2.45, 2.75) is 11.7 Å². The van der Waals surface area contributed by atoms with Gasteiger partial charge in [0.15, 0.2) is 5.17 Å². The Kier molecular flexibility index (Phi) is 5.56. The fourth-order valence-corrected chi connectivity index (χ4v) is 2.98. The number of carbonyl (C=O) groups is 2. The van der Waals surface area contributed by atoms with Crippen molar-refractivity contribution in [2.24, 2.45) is 10.2 Å². The number of rotatable bonds is 5. The van der Waals surface area contributed by atoms with Gasteiger partial charge in [-0.2, -0.15) is 5.10 Å². The summed E-state index contributed by atoms with van der Waals surface area (Å²) in [5.41, 5.74) is 0.710. The molecule has 1 amide bonds. The molecule has 116 valence electrons. The molecule has 0 aliphatic carbocycles. The number of amidine groups is 1. The predicted octanol–water partition coefficient (Wildman–Crippen LogP) is 0.519. The minimum atomic E-state index is -1.28. The van der Waals surface area contributed by atoms with Gasteiger partial charge in [-0.15, -0.1) is 5.10 Å². The number of hydrogen-bond donors (Lipinski definition) is 1. The molecule has 1 aromatic carbocycles. The molecule has 1 saturated heterocycles. The largest absolute Gasteiger partial charge is 0.550 e. The van der Waals surface area contributed by atoms with E-state index in [0.29, 0.717) is 11.3 Å². The van der Waals surface area contributed by atoms with Crippen LogP contribution in [0.2, 0.25) is 0 Å². The van der Waals surface area contributed by atoms with Gasteiger partial charge in [0.1, 0.15) is 5.75 Å². The highest BCUT2D eigenvalue weighted by atomic mass is 79.9. The Morgan fingerprint density at radius 3 is 3.05 bits per heavy atom. The molecular weight excluding hydrogens is 374 g/mol. The van der Waals surface area contributed by atoms with E-state index < -0.39 is 17.1 Å². The van der Waals surface area contributed by atoms with Gasteiger partial charge >= 0.3 is 0 Å². The monoisotopic (exact) mass is 384 g/mol. The standard InChI is InChI=1S/C13H12BrN3O4S/c1-21-9-3-2-8(14)4-7(9)6-15-17-13-16-12(20)10(22-13)5-11(18)19/h2-4,6,10H,5H2,1H3,(H,18,19)(H,16,17,20)/p-1/b15-6-/t10-/m0/s1. The number of thioether (sulfide) groups is 1. The third-order valence-electron chi connectivity index (χ3n) is 2.67. The van der Waals surface area contributed by atoms with E-state index in [9.17, 15) is 14.7 Å². The molecule has 9 heteroatoms. The second-order valence-corrected chi connectivity index (χ2v) is 6.31. The summed E-state index contributed by atoms with van der Waals surface area (Å²) < 4.78 is 6.05. The van der Waals surface area contributed by atoms with Crippen LogP contribution in [0.3, 0.4) is 0 Å². The maximum atomic E-state index is 11.5. The molecule has 1 aliphatic rings. The second-order valence-electron chi connectivity index (χ2n) is 4.21. The zero-order valence-corrected chi connectivity index (χ0v) is 13.8. The molecule has 0 aromatic heterocycles. The summed E-state index contributed by atoms with van der Waals surface area (Å²) in [6.07, 6.45) is 1.12. The zero-order chi connectivity index (χ0) is 16.1. The SMILES string of the molecule is COc1ccc(Br)cc1/C=N\N=C1\NC(=O)[C@H](CC(=O)[O-])S1. The van der Waals surface area contributed by atoms with Crippen molar-refractivity contribution in [1.29, 1.82) is 0 Å². The number of carbonyl (C=O) groups excluding carboxylic acids is 2. The highest BCUT2D eigenvalue weighted by Crippen LogP contribution is 2.23. The van der Waals surface area contributed by atoms with E-state index in [1.165, 1.54) is 6.21 Å². The Bertz CT molecular complexity index is 663. The normalized spacial score (nSPS) is 19.6. The minimum Gasteiger partial charge on any atom is -0.550 e. The van der Waals surface area contributed by atoms with E-state index in [1.54, 1.807) is 13.2 Å². The van der Waals surface area contributed by atoms with Crippen LogP contribution in [0.1, 0.15) is 12.0 Å². The van der Waals surface area contributed by atoms with Gasteiger partial charge in [0.05, 0.1) is 18.6 Å². The molecule has 1 heterocycles. The number of amides is 1. The molecule has 22 heavy (non-hydrogen) atoms. The third kappa shape index (κ3) is 4.31. The summed E-state index contributed by atoms with van der Waals surface area (Å²) in [5, 5.41) is 20.2. The molecule has 1 aliphatic heterocycles. The van der Waals surface area contributed by atoms with Crippen LogP contribution in [0.25, 0.3) is 0 Å². The van der Waals surface area contributed by atoms with Gasteiger partial charge in [0.25, 0.3) is 0 Å². The molecule has 0 bridgehead atoms. The van der Waals surface area contributed by atoms with Gasteiger partial charge in [-0.1, -0.05) is 27.7 Å². The number of hydrogen-bond acceptors (Lipinski definition) is 7. The van der Waals surface area contributed by atoms with Crippen LogP contribution in [0.5, 0.6) is 5.75 Å². The Labute approximate surface area is 139 Å². The number of nitrogens with one attached hydrogen (secondary N) is 1. The molecule has 1 aromatic rings. The summed E-state index contributed by atoms with van der Waals surface area (Å²) in [6.45, 7) is 0. The lowest BCUT2D eigenvalue weighted by Crippen LogP contribution is -2.31. The van der Waals surface area contributed by atoms with Gasteiger partial charge in [-0.05, 0) is 18.2 Å². The lowest BCUT2D eigenvalue weighted by molar-refractivity contribution is -0.305. The Morgan fingerprint density at radius 1 is 1.59 bits per heavy atom. The highest BCUT2D eigenvalue weighted by molar-refractivity contribution is 9.10. The van der Waals surface area contributed by atoms with Crippen molar-refractivity contribution in [3.05, 3.63) is 28.2 Å². The van der Waals surface area contributed by atoms with E-state index in [-0.39, 0.29) is 11.6 Å². The summed E-state index contributed by atoms with van der Waals surface area (Å²) in [6, 6.07) is 5.42. The number of ether oxygens (including phenoxy) is 1. The van der Waals surface area contributed by atoms with E-state index in [1.807, 2.05) is 12.1 Å². The van der Waals surface area contributed by atoms with Crippen LogP contribution < -0.4 is 15.2 Å². The number of carboxylic acid groups (broad SMARTS) is 1. The number of benzene rings is 1. The summed E-state index contributed by atoms with van der Waals surface area (Å²) >= 11 is 4.36. The van der Waals surface area contributed by atoms with E-state index in [4.69, 9.17) is 4.74 Å². The van der Waals surface area contributed by atoms with E-state index in [2.05, 4.69) is 31.4 Å². The van der Waals surface area contributed by atoms with E-state index in [0.717, 1.165) is 16.2 Å². The summed E-state index contributed by atoms with van der Waals surface area (Å²) in [7, 11) is 1.55. The topological polar surface area (TPSA) is 103 Å². The molecule has 1 atom stereocenters. The van der Waals surface area contributed by atoms with Gasteiger partial charge in [0, 0.05) is 22.4 Å². The smallest absolute Gasteiger partial charge is 0.239 e. The fourth-order valence-electron chi connectivity index (χ4n) is 1.69. The molecule has 0 saturated carbocycles. The third-order valence-corrected chi connectivity index (χ3v) is 4.23. The number of carboxylic acids is 1. The molecular formula is C13H11BrN3O4S-. The summed E-state index contributed by atoms with van der Waals surface area (Å²) in [5.74, 6) is -1.07. The number of nitrogens with zero attached hydrogens (tertiary/aromatic N) is 2. The number of aliphatic carboxylic acids is 1. The molecule has 0 unspecified atom stereocenters. The van der Waals surface area contributed by atoms with Crippen molar-refractivity contribution in [1.82, 2.24) is 5.32 Å². The maximum Gasteiger partial charge on any atom is 0.239 e. The molecule has 0 spiro atoms. The second kappa shape index (κ2) is 7.41. The van der Waals surface area contributed by atoms with Crippen molar-refractivity contribution in [3.63, 3.8) is 0 Å². The van der Waals surface area contributed by atoms with Gasteiger partial charge in [0.2, 0.25) is 5.91 Å². The van der Waals surface area contributed by atoms with Gasteiger partial charge in [-0.3, -0.25) is 4.79 Å². The Hall–Kier alpha value is -1.87. The van der Waals surface area contributed by atoms with Crippen LogP contribution in [-0.2, 0) is 9.59 Å². The first kappa shape index (κ1) is 16.5. The van der Waals surface area contributed by atoms with Gasteiger partial charge in [-0.25, -0.2) is 0 Å².